The Kier molecular flexibility index (Phi) is 5.61. The van der Waals surface area contributed by atoms with Crippen molar-refractivity contribution < 1.29 is 13.9 Å². The molecule has 0 aliphatic rings. The smallest absolute Gasteiger partial charge is 0.250 e. The Balaban J connectivity index is 1.77. The van der Waals surface area contributed by atoms with Crippen LogP contribution in [0.3, 0.4) is 0 Å². The highest BCUT2D eigenvalue weighted by molar-refractivity contribution is 7.15. The molecule has 0 aliphatic heterocycles. The van der Waals surface area contributed by atoms with Crippen molar-refractivity contribution in [2.45, 2.75) is 27.7 Å². The molecular formula is C24H23N3O3S. The molecule has 7 heteroatoms. The molecule has 0 atom stereocenters. The molecule has 0 aliphatic carbocycles. The summed E-state index contributed by atoms with van der Waals surface area (Å²) in [4.78, 5) is 12.5. The van der Waals surface area contributed by atoms with Crippen LogP contribution in [0.15, 0.2) is 47.1 Å². The number of carbonyl (C=O) groups is 1. The van der Waals surface area contributed by atoms with Gasteiger partial charge in [-0.1, -0.05) is 41.2 Å². The highest BCUT2D eigenvalue weighted by atomic mass is 32.1. The monoisotopic (exact) mass is 433 g/mol. The Labute approximate surface area is 184 Å². The minimum Gasteiger partial charge on any atom is -0.496 e. The number of nitrogens with zero attached hydrogens (tertiary/aromatic N) is 2. The van der Waals surface area contributed by atoms with Crippen molar-refractivity contribution >= 4 is 38.9 Å². The average Bonchev–Trinajstić information content (AvgIpc) is 3.34. The summed E-state index contributed by atoms with van der Waals surface area (Å²) in [6.07, 6.45) is 3.32. The van der Waals surface area contributed by atoms with Gasteiger partial charge in [0.1, 0.15) is 16.3 Å². The van der Waals surface area contributed by atoms with Gasteiger partial charge in [-0.05, 0) is 44.9 Å². The predicted octanol–water partition coefficient (Wildman–Crippen LogP) is 5.93. The number of ether oxygens (including phenoxy) is 1. The zero-order valence-electron chi connectivity index (χ0n) is 18.1. The Morgan fingerprint density at radius 3 is 2.55 bits per heavy atom. The van der Waals surface area contributed by atoms with Crippen LogP contribution in [0.5, 0.6) is 5.75 Å². The molecular weight excluding hydrogens is 410 g/mol. The maximum Gasteiger partial charge on any atom is 0.250 e. The summed E-state index contributed by atoms with van der Waals surface area (Å²) < 4.78 is 11.6. The highest BCUT2D eigenvalue weighted by Crippen LogP contribution is 2.40. The van der Waals surface area contributed by atoms with Gasteiger partial charge in [-0.2, -0.15) is 0 Å². The Bertz CT molecular complexity index is 1300. The number of anilines is 1. The number of benzene rings is 2. The molecule has 4 aromatic rings. The standard InChI is InChI=1S/C24H23N3O3S/c1-13-6-8-17(9-7-13)20-12-30-23-15(3)22(29-5)18(11-19(20)23)14(2)10-21(28)25-24-27-26-16(4)31-24/h6-12H,1-5H3,(H,25,27,28)/b14-10+. The molecule has 0 radical (unpaired) electrons. The minimum atomic E-state index is -0.264. The largest absolute Gasteiger partial charge is 0.496 e. The highest BCUT2D eigenvalue weighted by Gasteiger charge is 2.19. The zero-order valence-corrected chi connectivity index (χ0v) is 18.9. The number of carbonyl (C=O) groups excluding carboxylic acids is 1. The second-order valence-electron chi connectivity index (χ2n) is 7.42. The lowest BCUT2D eigenvalue weighted by Crippen LogP contribution is -2.08. The summed E-state index contributed by atoms with van der Waals surface area (Å²) in [5, 5.41) is 12.9. The molecule has 2 heterocycles. The molecule has 0 saturated heterocycles. The fraction of sp³-hybridized carbons (Fsp3) is 0.208. The van der Waals surface area contributed by atoms with Crippen LogP contribution in [-0.4, -0.2) is 23.2 Å². The lowest BCUT2D eigenvalue weighted by atomic mass is 9.96. The van der Waals surface area contributed by atoms with E-state index >= 15 is 0 Å². The maximum atomic E-state index is 12.5. The molecule has 2 aromatic carbocycles. The van der Waals surface area contributed by atoms with Crippen molar-refractivity contribution in [2.24, 2.45) is 0 Å². The van der Waals surface area contributed by atoms with Crippen molar-refractivity contribution in [1.82, 2.24) is 10.2 Å². The molecule has 31 heavy (non-hydrogen) atoms. The number of nitrogens with one attached hydrogen (secondary N) is 1. The van der Waals surface area contributed by atoms with E-state index < -0.39 is 0 Å². The van der Waals surface area contributed by atoms with Gasteiger partial charge in [-0.3, -0.25) is 10.1 Å². The number of furan rings is 1. The van der Waals surface area contributed by atoms with E-state index in [0.29, 0.717) is 10.9 Å². The second kappa shape index (κ2) is 8.35. The predicted molar refractivity (Wildman–Crippen MR) is 125 cm³/mol. The van der Waals surface area contributed by atoms with E-state index in [1.54, 1.807) is 19.4 Å². The van der Waals surface area contributed by atoms with Crippen LogP contribution >= 0.6 is 11.3 Å². The van der Waals surface area contributed by atoms with Crippen LogP contribution in [-0.2, 0) is 4.79 Å². The van der Waals surface area contributed by atoms with Gasteiger partial charge in [0.15, 0.2) is 0 Å². The molecule has 0 unspecified atom stereocenters. The van der Waals surface area contributed by atoms with Crippen LogP contribution in [0, 0.1) is 20.8 Å². The van der Waals surface area contributed by atoms with Crippen molar-refractivity contribution in [2.75, 3.05) is 12.4 Å². The number of aromatic nitrogens is 2. The number of rotatable bonds is 5. The molecule has 158 valence electrons. The van der Waals surface area contributed by atoms with E-state index in [2.05, 4.69) is 46.7 Å². The maximum absolute atomic E-state index is 12.5. The summed E-state index contributed by atoms with van der Waals surface area (Å²) in [5.41, 5.74) is 6.56. The number of hydrogen-bond acceptors (Lipinski definition) is 6. The topological polar surface area (TPSA) is 77.2 Å². The molecule has 0 fully saturated rings. The van der Waals surface area contributed by atoms with E-state index in [9.17, 15) is 4.79 Å². The first-order valence-electron chi connectivity index (χ1n) is 9.83. The number of aryl methyl sites for hydroxylation is 3. The Morgan fingerprint density at radius 1 is 1.16 bits per heavy atom. The molecule has 0 saturated carbocycles. The van der Waals surface area contributed by atoms with E-state index in [1.165, 1.54) is 16.9 Å². The summed E-state index contributed by atoms with van der Waals surface area (Å²) >= 11 is 1.33. The fourth-order valence-electron chi connectivity index (χ4n) is 3.59. The molecule has 6 nitrogen and oxygen atoms in total. The quantitative estimate of drug-likeness (QED) is 0.395. The minimum absolute atomic E-state index is 0.264. The van der Waals surface area contributed by atoms with Gasteiger partial charge >= 0.3 is 0 Å². The zero-order chi connectivity index (χ0) is 22.1. The van der Waals surface area contributed by atoms with Crippen molar-refractivity contribution in [3.05, 3.63) is 64.4 Å². The van der Waals surface area contributed by atoms with Crippen LogP contribution < -0.4 is 10.1 Å². The first kappa shape index (κ1) is 20.8. The number of hydrogen-bond donors (Lipinski definition) is 1. The fourth-order valence-corrected chi connectivity index (χ4v) is 4.19. The summed E-state index contributed by atoms with van der Waals surface area (Å²) in [6, 6.07) is 10.3. The van der Waals surface area contributed by atoms with E-state index in [-0.39, 0.29) is 5.91 Å². The Hall–Kier alpha value is -3.45. The van der Waals surface area contributed by atoms with Crippen LogP contribution in [0.25, 0.3) is 27.7 Å². The van der Waals surface area contributed by atoms with Gasteiger partial charge in [0.25, 0.3) is 0 Å². The summed E-state index contributed by atoms with van der Waals surface area (Å²) in [5.74, 6) is 0.421. The van der Waals surface area contributed by atoms with Gasteiger partial charge in [-0.15, -0.1) is 10.2 Å². The number of fused-ring (bicyclic) bond motifs is 1. The molecule has 0 spiro atoms. The van der Waals surface area contributed by atoms with Gasteiger partial charge in [0.2, 0.25) is 11.0 Å². The number of methoxy groups -OCH3 is 1. The first-order chi connectivity index (χ1) is 14.9. The number of allylic oxidation sites excluding steroid dienone is 1. The van der Waals surface area contributed by atoms with Crippen LogP contribution in [0.4, 0.5) is 5.13 Å². The van der Waals surface area contributed by atoms with Gasteiger partial charge in [0, 0.05) is 28.2 Å². The van der Waals surface area contributed by atoms with Crippen molar-refractivity contribution in [3.63, 3.8) is 0 Å². The first-order valence-corrected chi connectivity index (χ1v) is 10.6. The lowest BCUT2D eigenvalue weighted by molar-refractivity contribution is -0.111. The van der Waals surface area contributed by atoms with Gasteiger partial charge in [-0.25, -0.2) is 0 Å². The SMILES string of the molecule is COc1c(/C(C)=C/C(=O)Nc2nnc(C)s2)cc2c(-c3ccc(C)cc3)coc2c1C. The molecule has 4 rings (SSSR count). The summed E-state index contributed by atoms with van der Waals surface area (Å²) in [6.45, 7) is 7.75. The molecule has 0 bridgehead atoms. The van der Waals surface area contributed by atoms with E-state index in [4.69, 9.17) is 9.15 Å². The molecule has 1 N–H and O–H groups in total. The van der Waals surface area contributed by atoms with Crippen LogP contribution in [0.1, 0.15) is 28.6 Å². The van der Waals surface area contributed by atoms with Crippen molar-refractivity contribution in [3.8, 4) is 16.9 Å². The van der Waals surface area contributed by atoms with Gasteiger partial charge < -0.3 is 9.15 Å². The Morgan fingerprint density at radius 2 is 1.90 bits per heavy atom. The normalized spacial score (nSPS) is 11.7. The third-order valence-electron chi connectivity index (χ3n) is 5.14. The second-order valence-corrected chi connectivity index (χ2v) is 8.60. The van der Waals surface area contributed by atoms with Gasteiger partial charge in [0.05, 0.1) is 13.4 Å². The van der Waals surface area contributed by atoms with E-state index in [0.717, 1.165) is 43.8 Å². The lowest BCUT2D eigenvalue weighted by Gasteiger charge is -2.13. The molecule has 1 amide bonds. The summed E-state index contributed by atoms with van der Waals surface area (Å²) in [7, 11) is 1.62. The third kappa shape index (κ3) is 4.09. The van der Waals surface area contributed by atoms with Crippen LogP contribution in [0.2, 0.25) is 0 Å². The molecule has 2 aromatic heterocycles. The van der Waals surface area contributed by atoms with E-state index in [1.807, 2.05) is 26.8 Å². The average molecular weight is 434 g/mol. The van der Waals surface area contributed by atoms with Crippen molar-refractivity contribution in [1.29, 1.82) is 0 Å². The third-order valence-corrected chi connectivity index (χ3v) is 5.89. The number of amides is 1.